The number of likely N-dealkylation sites (tertiary alicyclic amines) is 1. The molecule has 2 aromatic heterocycles. The Morgan fingerprint density at radius 2 is 2.03 bits per heavy atom. The van der Waals surface area contributed by atoms with Crippen molar-refractivity contribution in [3.8, 4) is 17.1 Å². The Morgan fingerprint density at radius 3 is 2.68 bits per heavy atom. The number of hydrogen-bond acceptors (Lipinski definition) is 7. The lowest BCUT2D eigenvalue weighted by Crippen LogP contribution is -2.67. The van der Waals surface area contributed by atoms with Crippen molar-refractivity contribution in [1.82, 2.24) is 19.8 Å². The van der Waals surface area contributed by atoms with Crippen LogP contribution < -0.4 is 4.74 Å². The van der Waals surface area contributed by atoms with Gasteiger partial charge in [-0.3, -0.25) is 9.48 Å². The van der Waals surface area contributed by atoms with E-state index >= 15 is 0 Å². The van der Waals surface area contributed by atoms with Gasteiger partial charge in [0.15, 0.2) is 5.76 Å². The molecular weight excluding hydrogens is 407 g/mol. The number of rotatable bonds is 6. The number of benzene rings is 1. The van der Waals surface area contributed by atoms with Crippen LogP contribution in [0.5, 0.6) is 5.88 Å². The predicted molar refractivity (Wildman–Crippen MR) is 105 cm³/mol. The predicted octanol–water partition coefficient (Wildman–Crippen LogP) is 1.76. The van der Waals surface area contributed by atoms with E-state index in [9.17, 15) is 14.3 Å². The van der Waals surface area contributed by atoms with Crippen LogP contribution in [0.25, 0.3) is 11.3 Å². The number of aryl methyl sites for hydroxylation is 1. The Bertz CT molecular complexity index is 1110. The molecule has 0 atom stereocenters. The molecule has 2 aliphatic heterocycles. The molecule has 4 heterocycles. The minimum Gasteiger partial charge on any atom is -0.471 e. The highest BCUT2D eigenvalue weighted by atomic mass is 19.1. The molecule has 3 aromatic rings. The SMILES string of the molecule is Cn1nc(OCc2c(-c3ccc(F)cc3)noc2CO)cc1C(=O)N1CC2(COC2)C1. The molecule has 1 N–H and O–H groups in total. The summed E-state index contributed by atoms with van der Waals surface area (Å²) in [5, 5.41) is 17.8. The molecule has 1 amide bonds. The summed E-state index contributed by atoms with van der Waals surface area (Å²) < 4.78 is 31.0. The highest BCUT2D eigenvalue weighted by Crippen LogP contribution is 2.38. The Kier molecular flexibility index (Phi) is 4.75. The fraction of sp³-hybridized carbons (Fsp3) is 0.381. The Balaban J connectivity index is 1.30. The van der Waals surface area contributed by atoms with E-state index in [1.165, 1.54) is 16.8 Å². The zero-order valence-corrected chi connectivity index (χ0v) is 16.9. The zero-order valence-electron chi connectivity index (χ0n) is 16.9. The van der Waals surface area contributed by atoms with Crippen LogP contribution in [-0.4, -0.2) is 57.2 Å². The minimum absolute atomic E-state index is 0.0148. The molecule has 2 aliphatic rings. The molecule has 9 nitrogen and oxygen atoms in total. The summed E-state index contributed by atoms with van der Waals surface area (Å²) in [5.41, 5.74) is 2.18. The van der Waals surface area contributed by atoms with Crippen LogP contribution in [0.15, 0.2) is 34.9 Å². The smallest absolute Gasteiger partial charge is 0.272 e. The number of aliphatic hydroxyl groups is 1. The number of aromatic nitrogens is 3. The van der Waals surface area contributed by atoms with E-state index in [2.05, 4.69) is 10.3 Å². The number of hydrogen-bond donors (Lipinski definition) is 1. The van der Waals surface area contributed by atoms with Crippen molar-refractivity contribution >= 4 is 5.91 Å². The van der Waals surface area contributed by atoms with Crippen LogP contribution in [-0.2, 0) is 25.0 Å². The van der Waals surface area contributed by atoms with E-state index in [0.717, 1.165) is 0 Å². The molecule has 31 heavy (non-hydrogen) atoms. The summed E-state index contributed by atoms with van der Waals surface area (Å²) in [7, 11) is 1.69. The molecule has 10 heteroatoms. The summed E-state index contributed by atoms with van der Waals surface area (Å²) in [6, 6.07) is 7.37. The quantitative estimate of drug-likeness (QED) is 0.638. The number of ether oxygens (including phenoxy) is 2. The number of halogens is 1. The number of aliphatic hydroxyl groups excluding tert-OH is 1. The lowest BCUT2D eigenvalue weighted by molar-refractivity contribution is -0.176. The van der Waals surface area contributed by atoms with Gasteiger partial charge in [-0.15, -0.1) is 5.10 Å². The van der Waals surface area contributed by atoms with Crippen LogP contribution in [0, 0.1) is 11.2 Å². The first-order valence-electron chi connectivity index (χ1n) is 9.86. The van der Waals surface area contributed by atoms with Crippen LogP contribution in [0.1, 0.15) is 21.8 Å². The lowest BCUT2D eigenvalue weighted by Gasteiger charge is -2.54. The third kappa shape index (κ3) is 3.47. The molecule has 0 bridgehead atoms. The van der Waals surface area contributed by atoms with Crippen molar-refractivity contribution < 1.29 is 28.3 Å². The van der Waals surface area contributed by atoms with Gasteiger partial charge in [-0.2, -0.15) is 0 Å². The number of amides is 1. The maximum atomic E-state index is 13.2. The van der Waals surface area contributed by atoms with Crippen molar-refractivity contribution in [2.75, 3.05) is 26.3 Å². The van der Waals surface area contributed by atoms with E-state index in [1.54, 1.807) is 30.1 Å². The van der Waals surface area contributed by atoms with Crippen LogP contribution in [0.3, 0.4) is 0 Å². The van der Waals surface area contributed by atoms with Gasteiger partial charge in [-0.05, 0) is 24.3 Å². The summed E-state index contributed by atoms with van der Waals surface area (Å²) in [4.78, 5) is 14.5. The van der Waals surface area contributed by atoms with Crippen LogP contribution in [0.2, 0.25) is 0 Å². The minimum atomic E-state index is -0.365. The average molecular weight is 428 g/mol. The summed E-state index contributed by atoms with van der Waals surface area (Å²) >= 11 is 0. The third-order valence-corrected chi connectivity index (χ3v) is 5.73. The largest absolute Gasteiger partial charge is 0.471 e. The Hall–Kier alpha value is -3.24. The molecule has 0 unspecified atom stereocenters. The number of nitrogens with zero attached hydrogens (tertiary/aromatic N) is 4. The van der Waals surface area contributed by atoms with Crippen LogP contribution in [0.4, 0.5) is 4.39 Å². The molecule has 0 aliphatic carbocycles. The second-order valence-electron chi connectivity index (χ2n) is 8.03. The molecule has 2 fully saturated rings. The standard InChI is InChI=1S/C21H21FN4O5/c1-25-16(20(28)26-9-21(10-26)11-29-12-21)6-18(23-25)30-8-15-17(7-27)31-24-19(15)13-2-4-14(22)5-3-13/h2-6,27H,7-12H2,1H3. The molecule has 0 saturated carbocycles. The van der Waals surface area contributed by atoms with Crippen molar-refractivity contribution in [2.24, 2.45) is 12.5 Å². The second kappa shape index (κ2) is 7.47. The van der Waals surface area contributed by atoms with Gasteiger partial charge in [0.1, 0.15) is 30.4 Å². The molecule has 1 spiro atoms. The topological polar surface area (TPSA) is 103 Å². The monoisotopic (exact) mass is 428 g/mol. The van der Waals surface area contributed by atoms with E-state index in [1.807, 2.05) is 0 Å². The average Bonchev–Trinajstić information content (AvgIpc) is 3.27. The Labute approximate surface area is 176 Å². The van der Waals surface area contributed by atoms with Crippen molar-refractivity contribution in [1.29, 1.82) is 0 Å². The first-order valence-corrected chi connectivity index (χ1v) is 9.86. The van der Waals surface area contributed by atoms with Crippen molar-refractivity contribution in [3.05, 3.63) is 53.2 Å². The first-order chi connectivity index (χ1) is 15.0. The maximum Gasteiger partial charge on any atom is 0.272 e. The molecule has 5 rings (SSSR count). The van der Waals surface area contributed by atoms with E-state index in [-0.39, 0.29) is 42.0 Å². The first kappa shape index (κ1) is 19.7. The van der Waals surface area contributed by atoms with E-state index < -0.39 is 0 Å². The van der Waals surface area contributed by atoms with Gasteiger partial charge in [-0.25, -0.2) is 4.39 Å². The Morgan fingerprint density at radius 1 is 1.29 bits per heavy atom. The summed E-state index contributed by atoms with van der Waals surface area (Å²) in [6.07, 6.45) is 0. The molecule has 0 radical (unpaired) electrons. The van der Waals surface area contributed by atoms with Crippen molar-refractivity contribution in [3.63, 3.8) is 0 Å². The number of carbonyl (C=O) groups is 1. The van der Waals surface area contributed by atoms with Gasteiger partial charge >= 0.3 is 0 Å². The molecule has 2 saturated heterocycles. The van der Waals surface area contributed by atoms with E-state index in [0.29, 0.717) is 48.8 Å². The van der Waals surface area contributed by atoms with Gasteiger partial charge in [-0.1, -0.05) is 5.16 Å². The number of carbonyl (C=O) groups excluding carboxylic acids is 1. The summed E-state index contributed by atoms with van der Waals surface area (Å²) in [5.74, 6) is 0.0508. The fourth-order valence-corrected chi connectivity index (χ4v) is 3.95. The van der Waals surface area contributed by atoms with Crippen LogP contribution >= 0.6 is 0 Å². The van der Waals surface area contributed by atoms with Gasteiger partial charge in [0.25, 0.3) is 5.91 Å². The zero-order chi connectivity index (χ0) is 21.6. The van der Waals surface area contributed by atoms with E-state index in [4.69, 9.17) is 14.0 Å². The molecular formula is C21H21FN4O5. The van der Waals surface area contributed by atoms with Gasteiger partial charge in [0.05, 0.1) is 24.2 Å². The molecule has 162 valence electrons. The fourth-order valence-electron chi connectivity index (χ4n) is 3.95. The lowest BCUT2D eigenvalue weighted by atomic mass is 9.78. The normalized spacial score (nSPS) is 16.8. The molecule has 1 aromatic carbocycles. The maximum absolute atomic E-state index is 13.2. The van der Waals surface area contributed by atoms with Gasteiger partial charge in [0, 0.05) is 31.8 Å². The highest BCUT2D eigenvalue weighted by Gasteiger charge is 2.51. The van der Waals surface area contributed by atoms with Gasteiger partial charge in [0.2, 0.25) is 5.88 Å². The van der Waals surface area contributed by atoms with Gasteiger partial charge < -0.3 is 24.0 Å². The second-order valence-corrected chi connectivity index (χ2v) is 8.03. The summed E-state index contributed by atoms with van der Waals surface area (Å²) in [6.45, 7) is 2.45. The highest BCUT2D eigenvalue weighted by molar-refractivity contribution is 5.93. The van der Waals surface area contributed by atoms with Crippen molar-refractivity contribution in [2.45, 2.75) is 13.2 Å². The third-order valence-electron chi connectivity index (χ3n) is 5.73.